The molecular formula is C19H29FN6O4. The molecule has 166 valence electrons. The van der Waals surface area contributed by atoms with Crippen molar-refractivity contribution in [3.05, 3.63) is 11.6 Å². The van der Waals surface area contributed by atoms with Gasteiger partial charge in [-0.2, -0.15) is 4.39 Å². The fourth-order valence-electron chi connectivity index (χ4n) is 3.91. The van der Waals surface area contributed by atoms with E-state index in [9.17, 15) is 19.2 Å². The molecule has 10 nitrogen and oxygen atoms in total. The van der Waals surface area contributed by atoms with E-state index in [1.54, 1.807) is 0 Å². The summed E-state index contributed by atoms with van der Waals surface area (Å²) in [6.45, 7) is 2.72. The monoisotopic (exact) mass is 424 g/mol. The number of aryl methyl sites for hydroxylation is 1. The average Bonchev–Trinajstić information content (AvgIpc) is 3.46. The number of carbonyl (C=O) groups is 2. The van der Waals surface area contributed by atoms with E-state index in [2.05, 4.69) is 20.8 Å². The lowest BCUT2D eigenvalue weighted by atomic mass is 9.92. The second-order valence-electron chi connectivity index (χ2n) is 7.69. The predicted octanol–water partition coefficient (Wildman–Crippen LogP) is 1.81. The van der Waals surface area contributed by atoms with Gasteiger partial charge in [-0.05, 0) is 18.8 Å². The zero-order valence-electron chi connectivity index (χ0n) is 17.1. The number of aromatic nitrogens is 2. The smallest absolute Gasteiger partial charge is 0.243 e. The summed E-state index contributed by atoms with van der Waals surface area (Å²) in [6, 6.07) is 0. The minimum atomic E-state index is -0.724. The van der Waals surface area contributed by atoms with Crippen LogP contribution in [-0.4, -0.2) is 52.3 Å². The van der Waals surface area contributed by atoms with Gasteiger partial charge in [-0.3, -0.25) is 30.5 Å². The molecule has 0 radical (unpaired) electrons. The highest BCUT2D eigenvalue weighted by Gasteiger charge is 2.28. The van der Waals surface area contributed by atoms with Gasteiger partial charge in [0, 0.05) is 13.0 Å². The molecule has 1 aliphatic heterocycles. The van der Waals surface area contributed by atoms with Gasteiger partial charge in [-0.25, -0.2) is 20.1 Å². The summed E-state index contributed by atoms with van der Waals surface area (Å²) < 4.78 is 14.9. The van der Waals surface area contributed by atoms with Crippen LogP contribution in [0.4, 0.5) is 16.0 Å². The van der Waals surface area contributed by atoms with Crippen LogP contribution in [0.5, 0.6) is 0 Å². The Hall–Kier alpha value is -2.53. The maximum absolute atomic E-state index is 14.9. The van der Waals surface area contributed by atoms with Crippen molar-refractivity contribution in [2.24, 2.45) is 11.8 Å². The summed E-state index contributed by atoms with van der Waals surface area (Å²) in [5.41, 5.74) is 5.03. The van der Waals surface area contributed by atoms with Gasteiger partial charge in [0.05, 0.1) is 19.1 Å². The Morgan fingerprint density at radius 3 is 2.80 bits per heavy atom. The molecule has 1 saturated carbocycles. The van der Waals surface area contributed by atoms with Crippen molar-refractivity contribution < 1.29 is 24.0 Å². The Morgan fingerprint density at radius 1 is 1.40 bits per heavy atom. The van der Waals surface area contributed by atoms with Gasteiger partial charge in [-0.1, -0.05) is 32.6 Å². The highest BCUT2D eigenvalue weighted by Crippen LogP contribution is 2.31. The molecule has 0 aromatic carbocycles. The number of carbonyl (C=O) groups excluding carboxylic acids is 2. The topological polar surface area (TPSA) is 120 Å². The molecule has 1 saturated heterocycles. The van der Waals surface area contributed by atoms with E-state index in [-0.39, 0.29) is 24.6 Å². The SMILES string of the molecule is CCc1nc(NNC(=O)[C@H](CC2CCCC2)CN(O)C=O)c(F)c(N2CCCO2)n1. The zero-order chi connectivity index (χ0) is 21.5. The van der Waals surface area contributed by atoms with Gasteiger partial charge in [0.25, 0.3) is 0 Å². The molecule has 1 aromatic rings. The van der Waals surface area contributed by atoms with Crippen molar-refractivity contribution in [2.75, 3.05) is 30.2 Å². The summed E-state index contributed by atoms with van der Waals surface area (Å²) in [4.78, 5) is 37.3. The van der Waals surface area contributed by atoms with Gasteiger partial charge in [0.2, 0.25) is 18.1 Å². The average molecular weight is 424 g/mol. The van der Waals surface area contributed by atoms with E-state index in [4.69, 9.17) is 4.84 Å². The molecule has 2 aliphatic rings. The number of nitrogens with one attached hydrogen (secondary N) is 2. The lowest BCUT2D eigenvalue weighted by molar-refractivity contribution is -0.154. The molecule has 3 N–H and O–H groups in total. The maximum atomic E-state index is 14.9. The minimum absolute atomic E-state index is 0.0288. The van der Waals surface area contributed by atoms with Crippen LogP contribution in [0, 0.1) is 17.7 Å². The fourth-order valence-corrected chi connectivity index (χ4v) is 3.91. The third kappa shape index (κ3) is 5.54. The van der Waals surface area contributed by atoms with E-state index in [0.717, 1.165) is 32.1 Å². The molecule has 2 amide bonds. The number of hydroxylamine groups is 3. The number of rotatable bonds is 10. The van der Waals surface area contributed by atoms with Crippen LogP contribution in [0.3, 0.4) is 0 Å². The van der Waals surface area contributed by atoms with Gasteiger partial charge in [0.1, 0.15) is 5.82 Å². The summed E-state index contributed by atoms with van der Waals surface area (Å²) >= 11 is 0. The molecule has 0 spiro atoms. The van der Waals surface area contributed by atoms with Crippen LogP contribution in [0.25, 0.3) is 0 Å². The summed E-state index contributed by atoms with van der Waals surface area (Å²) in [7, 11) is 0. The predicted molar refractivity (Wildman–Crippen MR) is 106 cm³/mol. The van der Waals surface area contributed by atoms with Crippen molar-refractivity contribution >= 4 is 24.0 Å². The number of anilines is 2. The lowest BCUT2D eigenvalue weighted by Crippen LogP contribution is -2.41. The Kier molecular flexibility index (Phi) is 7.75. The fraction of sp³-hybridized carbons (Fsp3) is 0.684. The lowest BCUT2D eigenvalue weighted by Gasteiger charge is -2.23. The number of amides is 2. The highest BCUT2D eigenvalue weighted by atomic mass is 19.1. The maximum Gasteiger partial charge on any atom is 0.243 e. The number of hydrogen-bond acceptors (Lipinski definition) is 8. The van der Waals surface area contributed by atoms with Crippen LogP contribution in [0.2, 0.25) is 0 Å². The van der Waals surface area contributed by atoms with Crippen molar-refractivity contribution in [1.29, 1.82) is 0 Å². The Bertz CT molecular complexity index is 740. The third-order valence-corrected chi connectivity index (χ3v) is 5.48. The van der Waals surface area contributed by atoms with Gasteiger partial charge in [0.15, 0.2) is 11.6 Å². The first-order valence-electron chi connectivity index (χ1n) is 10.4. The summed E-state index contributed by atoms with van der Waals surface area (Å²) in [5.74, 6) is -1.16. The van der Waals surface area contributed by atoms with E-state index >= 15 is 0 Å². The third-order valence-electron chi connectivity index (χ3n) is 5.48. The first-order chi connectivity index (χ1) is 14.5. The Morgan fingerprint density at radius 2 is 2.17 bits per heavy atom. The van der Waals surface area contributed by atoms with Gasteiger partial charge >= 0.3 is 0 Å². The Labute approximate surface area is 174 Å². The molecule has 2 heterocycles. The molecule has 1 aliphatic carbocycles. The number of halogens is 1. The normalized spacial score (nSPS) is 17.8. The Balaban J connectivity index is 1.70. The second-order valence-corrected chi connectivity index (χ2v) is 7.69. The van der Waals surface area contributed by atoms with Crippen molar-refractivity contribution in [1.82, 2.24) is 20.5 Å². The molecule has 2 fully saturated rings. The van der Waals surface area contributed by atoms with Crippen molar-refractivity contribution in [2.45, 2.75) is 51.9 Å². The molecule has 0 unspecified atom stereocenters. The number of hydrazine groups is 1. The standard InChI is InChI=1S/C19H29FN6O4/c1-2-15-21-17(16(20)18(22-15)26-8-5-9-30-26)23-24-19(28)14(11-25(29)12-27)10-13-6-3-4-7-13/h12-14,29H,2-11H2,1H3,(H,24,28)(H,21,22,23)/t14-/m1/s1. The van der Waals surface area contributed by atoms with Crippen LogP contribution >= 0.6 is 0 Å². The number of hydrogen-bond donors (Lipinski definition) is 3. The van der Waals surface area contributed by atoms with Gasteiger partial charge in [-0.15, -0.1) is 0 Å². The van der Waals surface area contributed by atoms with Crippen LogP contribution in [0.1, 0.15) is 51.3 Å². The highest BCUT2D eigenvalue weighted by molar-refractivity contribution is 5.80. The molecule has 1 atom stereocenters. The van der Waals surface area contributed by atoms with E-state index in [1.807, 2.05) is 6.92 Å². The zero-order valence-corrected chi connectivity index (χ0v) is 17.1. The summed E-state index contributed by atoms with van der Waals surface area (Å²) in [6.07, 6.45) is 6.31. The molecule has 1 aromatic heterocycles. The largest absolute Gasteiger partial charge is 0.286 e. The molecule has 3 rings (SSSR count). The van der Waals surface area contributed by atoms with Crippen molar-refractivity contribution in [3.63, 3.8) is 0 Å². The second kappa shape index (κ2) is 10.5. The quantitative estimate of drug-likeness (QED) is 0.296. The van der Waals surface area contributed by atoms with Crippen molar-refractivity contribution in [3.8, 4) is 0 Å². The molecule has 0 bridgehead atoms. The van der Waals surface area contributed by atoms with Crippen LogP contribution in [-0.2, 0) is 20.8 Å². The van der Waals surface area contributed by atoms with Crippen LogP contribution < -0.4 is 15.9 Å². The van der Waals surface area contributed by atoms with E-state index in [0.29, 0.717) is 42.8 Å². The molecule has 30 heavy (non-hydrogen) atoms. The minimum Gasteiger partial charge on any atom is -0.286 e. The summed E-state index contributed by atoms with van der Waals surface area (Å²) in [5, 5.41) is 11.4. The molecule has 11 heteroatoms. The molecular weight excluding hydrogens is 395 g/mol. The van der Waals surface area contributed by atoms with Crippen LogP contribution in [0.15, 0.2) is 0 Å². The first-order valence-corrected chi connectivity index (χ1v) is 10.4. The van der Waals surface area contributed by atoms with E-state index in [1.165, 1.54) is 5.06 Å². The first kappa shape index (κ1) is 22.2. The number of nitrogens with zero attached hydrogens (tertiary/aromatic N) is 4. The van der Waals surface area contributed by atoms with E-state index < -0.39 is 17.6 Å². The van der Waals surface area contributed by atoms with Gasteiger partial charge < -0.3 is 0 Å².